The molecule has 0 saturated carbocycles. The number of amides is 2. The molecule has 0 aromatic heterocycles. The Hall–Kier alpha value is -1.52. The molecule has 2 N–H and O–H groups in total. The van der Waals surface area contributed by atoms with Crippen LogP contribution < -0.4 is 5.73 Å². The Morgan fingerprint density at radius 3 is 2.75 bits per heavy atom. The fourth-order valence-electron chi connectivity index (χ4n) is 2.11. The van der Waals surface area contributed by atoms with Crippen molar-refractivity contribution in [1.29, 1.82) is 0 Å². The zero-order valence-electron chi connectivity index (χ0n) is 10.7. The zero-order chi connectivity index (χ0) is 14.7. The maximum Gasteiger partial charge on any atom is 0.246 e. The van der Waals surface area contributed by atoms with Crippen LogP contribution in [0.15, 0.2) is 24.3 Å². The van der Waals surface area contributed by atoms with E-state index in [0.29, 0.717) is 35.1 Å². The average molecular weight is 313 g/mol. The van der Waals surface area contributed by atoms with Crippen molar-refractivity contribution < 1.29 is 9.59 Å². The van der Waals surface area contributed by atoms with Gasteiger partial charge in [-0.3, -0.25) is 9.59 Å². The number of carbonyl (C=O) groups excluding carboxylic acids is 2. The molecule has 20 heavy (non-hydrogen) atoms. The molecular formula is C14H14Cl2N2O2. The van der Waals surface area contributed by atoms with Gasteiger partial charge in [-0.2, -0.15) is 0 Å². The molecule has 106 valence electrons. The minimum atomic E-state index is -0.359. The van der Waals surface area contributed by atoms with Crippen molar-refractivity contribution >= 4 is 41.1 Å². The molecule has 1 saturated heterocycles. The smallest absolute Gasteiger partial charge is 0.246 e. The van der Waals surface area contributed by atoms with Gasteiger partial charge in [0.05, 0.1) is 16.0 Å². The number of carbonyl (C=O) groups is 2. The van der Waals surface area contributed by atoms with E-state index in [1.807, 2.05) is 0 Å². The highest BCUT2D eigenvalue weighted by atomic mass is 35.5. The van der Waals surface area contributed by atoms with Crippen LogP contribution >= 0.6 is 23.2 Å². The maximum absolute atomic E-state index is 12.0. The van der Waals surface area contributed by atoms with Crippen molar-refractivity contribution in [3.8, 4) is 0 Å². The second-order valence-electron chi connectivity index (χ2n) is 4.65. The highest BCUT2D eigenvalue weighted by Gasteiger charge is 2.28. The highest BCUT2D eigenvalue weighted by Crippen LogP contribution is 2.26. The number of rotatable bonds is 3. The van der Waals surface area contributed by atoms with Crippen LogP contribution in [-0.4, -0.2) is 29.8 Å². The molecule has 1 aliphatic heterocycles. The number of likely N-dealkylation sites (tertiary alicyclic amines) is 1. The van der Waals surface area contributed by atoms with Gasteiger partial charge in [0.15, 0.2) is 0 Å². The zero-order valence-corrected chi connectivity index (χ0v) is 12.2. The Morgan fingerprint density at radius 1 is 1.35 bits per heavy atom. The Morgan fingerprint density at radius 2 is 2.10 bits per heavy atom. The summed E-state index contributed by atoms with van der Waals surface area (Å²) in [4.78, 5) is 24.7. The molecule has 1 fully saturated rings. The standard InChI is InChI=1S/C14H14Cl2N2O2/c15-11-3-1-2-9(13(11)16)4-5-12(19)18-7-6-10(8-18)14(17)20/h1-5,10H,6-8H2,(H2,17,20)/b5-4+/t10-/m0/s1. The van der Waals surface area contributed by atoms with E-state index in [2.05, 4.69) is 0 Å². The van der Waals surface area contributed by atoms with Gasteiger partial charge in [-0.1, -0.05) is 35.3 Å². The molecule has 2 amide bonds. The van der Waals surface area contributed by atoms with Gasteiger partial charge in [0.1, 0.15) is 0 Å². The molecular weight excluding hydrogens is 299 g/mol. The monoisotopic (exact) mass is 312 g/mol. The maximum atomic E-state index is 12.0. The summed E-state index contributed by atoms with van der Waals surface area (Å²) in [6, 6.07) is 5.21. The molecule has 1 aliphatic rings. The van der Waals surface area contributed by atoms with Gasteiger partial charge in [-0.05, 0) is 24.1 Å². The van der Waals surface area contributed by atoms with E-state index in [4.69, 9.17) is 28.9 Å². The predicted molar refractivity (Wildman–Crippen MR) is 79.4 cm³/mol. The van der Waals surface area contributed by atoms with Crippen molar-refractivity contribution in [3.63, 3.8) is 0 Å². The number of halogens is 2. The fourth-order valence-corrected chi connectivity index (χ4v) is 2.48. The first-order chi connectivity index (χ1) is 9.49. The molecule has 1 aromatic carbocycles. The van der Waals surface area contributed by atoms with E-state index in [9.17, 15) is 9.59 Å². The summed E-state index contributed by atoms with van der Waals surface area (Å²) in [6.45, 7) is 0.918. The minimum Gasteiger partial charge on any atom is -0.369 e. The largest absolute Gasteiger partial charge is 0.369 e. The molecule has 0 unspecified atom stereocenters. The summed E-state index contributed by atoms with van der Waals surface area (Å²) in [5.74, 6) is -0.769. The Labute approximate surface area is 127 Å². The third-order valence-corrected chi connectivity index (χ3v) is 4.12. The molecule has 0 aliphatic carbocycles. The first-order valence-electron chi connectivity index (χ1n) is 6.19. The van der Waals surface area contributed by atoms with Crippen LogP contribution in [0.5, 0.6) is 0 Å². The minimum absolute atomic E-state index is 0.162. The number of hydrogen-bond acceptors (Lipinski definition) is 2. The quantitative estimate of drug-likeness (QED) is 0.871. The summed E-state index contributed by atoms with van der Waals surface area (Å²) in [6.07, 6.45) is 3.67. The summed E-state index contributed by atoms with van der Waals surface area (Å²) in [5.41, 5.74) is 5.91. The lowest BCUT2D eigenvalue weighted by atomic mass is 10.1. The molecule has 1 atom stereocenters. The van der Waals surface area contributed by atoms with Crippen molar-refractivity contribution in [2.45, 2.75) is 6.42 Å². The average Bonchev–Trinajstić information content (AvgIpc) is 2.90. The Balaban J connectivity index is 2.03. The fraction of sp³-hybridized carbons (Fsp3) is 0.286. The van der Waals surface area contributed by atoms with Crippen molar-refractivity contribution in [2.75, 3.05) is 13.1 Å². The predicted octanol–water partition coefficient (Wildman–Crippen LogP) is 2.34. The van der Waals surface area contributed by atoms with Gasteiger partial charge in [-0.25, -0.2) is 0 Å². The molecule has 2 rings (SSSR count). The lowest BCUT2D eigenvalue weighted by Crippen LogP contribution is -2.30. The van der Waals surface area contributed by atoms with Crippen LogP contribution in [0.1, 0.15) is 12.0 Å². The van der Waals surface area contributed by atoms with E-state index in [-0.39, 0.29) is 17.7 Å². The number of hydrogen-bond donors (Lipinski definition) is 1. The van der Waals surface area contributed by atoms with E-state index >= 15 is 0 Å². The van der Waals surface area contributed by atoms with Gasteiger partial charge >= 0.3 is 0 Å². The normalized spacial score (nSPS) is 18.7. The van der Waals surface area contributed by atoms with Gasteiger partial charge < -0.3 is 10.6 Å². The van der Waals surface area contributed by atoms with Crippen molar-refractivity contribution in [3.05, 3.63) is 39.9 Å². The number of primary amides is 1. The molecule has 4 nitrogen and oxygen atoms in total. The van der Waals surface area contributed by atoms with Crippen LogP contribution in [0.25, 0.3) is 6.08 Å². The number of nitrogens with zero attached hydrogens (tertiary/aromatic N) is 1. The van der Waals surface area contributed by atoms with Crippen LogP contribution in [0.3, 0.4) is 0 Å². The van der Waals surface area contributed by atoms with Gasteiger partial charge in [-0.15, -0.1) is 0 Å². The first-order valence-corrected chi connectivity index (χ1v) is 6.95. The lowest BCUT2D eigenvalue weighted by Gasteiger charge is -2.13. The van der Waals surface area contributed by atoms with Crippen LogP contribution in [0, 0.1) is 5.92 Å². The van der Waals surface area contributed by atoms with Gasteiger partial charge in [0.25, 0.3) is 0 Å². The van der Waals surface area contributed by atoms with E-state index in [0.717, 1.165) is 0 Å². The topological polar surface area (TPSA) is 63.4 Å². The number of nitrogens with two attached hydrogens (primary N) is 1. The first kappa shape index (κ1) is 14.9. The summed E-state index contributed by atoms with van der Waals surface area (Å²) >= 11 is 11.9. The van der Waals surface area contributed by atoms with Crippen LogP contribution in [0.2, 0.25) is 10.0 Å². The SMILES string of the molecule is NC(=O)[C@H]1CCN(C(=O)/C=C/c2cccc(Cl)c2Cl)C1. The molecule has 0 spiro atoms. The van der Waals surface area contributed by atoms with Gasteiger partial charge in [0, 0.05) is 19.2 Å². The molecule has 0 radical (unpaired) electrons. The third kappa shape index (κ3) is 3.32. The lowest BCUT2D eigenvalue weighted by molar-refractivity contribution is -0.125. The third-order valence-electron chi connectivity index (χ3n) is 3.29. The van der Waals surface area contributed by atoms with E-state index in [1.165, 1.54) is 6.08 Å². The van der Waals surface area contributed by atoms with E-state index < -0.39 is 0 Å². The Kier molecular flexibility index (Phi) is 4.68. The summed E-state index contributed by atoms with van der Waals surface area (Å²) in [7, 11) is 0. The highest BCUT2D eigenvalue weighted by molar-refractivity contribution is 6.42. The van der Waals surface area contributed by atoms with Gasteiger partial charge in [0.2, 0.25) is 11.8 Å². The summed E-state index contributed by atoms with van der Waals surface area (Å²) < 4.78 is 0. The number of benzene rings is 1. The second-order valence-corrected chi connectivity index (χ2v) is 5.43. The molecule has 1 heterocycles. The summed E-state index contributed by atoms with van der Waals surface area (Å²) in [5, 5.41) is 0.853. The van der Waals surface area contributed by atoms with Crippen LogP contribution in [-0.2, 0) is 9.59 Å². The molecule has 6 heteroatoms. The van der Waals surface area contributed by atoms with Crippen LogP contribution in [0.4, 0.5) is 0 Å². The van der Waals surface area contributed by atoms with Crippen molar-refractivity contribution in [2.24, 2.45) is 11.7 Å². The Bertz CT molecular complexity index is 572. The van der Waals surface area contributed by atoms with Crippen molar-refractivity contribution in [1.82, 2.24) is 4.90 Å². The van der Waals surface area contributed by atoms with E-state index in [1.54, 1.807) is 29.2 Å². The second kappa shape index (κ2) is 6.29. The molecule has 0 bridgehead atoms. The molecule has 1 aromatic rings.